The minimum absolute atomic E-state index is 0.0456. The molecule has 0 saturated carbocycles. The van der Waals surface area contributed by atoms with Gasteiger partial charge < -0.3 is 10.1 Å². The molecule has 5 rings (SSSR count). The number of carbonyl (C=O) groups is 1. The van der Waals surface area contributed by atoms with Crippen LogP contribution < -0.4 is 14.9 Å². The summed E-state index contributed by atoms with van der Waals surface area (Å²) in [6, 6.07) is 12.0. The van der Waals surface area contributed by atoms with E-state index in [0.717, 1.165) is 41.0 Å². The molecule has 33 heavy (non-hydrogen) atoms. The highest BCUT2D eigenvalue weighted by Crippen LogP contribution is 2.33. The van der Waals surface area contributed by atoms with Gasteiger partial charge in [-0.3, -0.25) is 4.79 Å². The molecule has 0 spiro atoms. The number of nitrogens with zero attached hydrogens (tertiary/aromatic N) is 3. The lowest BCUT2D eigenvalue weighted by molar-refractivity contribution is -0.118. The van der Waals surface area contributed by atoms with Crippen LogP contribution in [0.15, 0.2) is 64.0 Å². The maximum atomic E-state index is 11.8. The van der Waals surface area contributed by atoms with Crippen molar-refractivity contribution in [2.45, 2.75) is 33.1 Å². The zero-order chi connectivity index (χ0) is 22.8. The Morgan fingerprint density at radius 2 is 2.06 bits per heavy atom. The van der Waals surface area contributed by atoms with Gasteiger partial charge in [0.15, 0.2) is 6.61 Å². The minimum atomic E-state index is -0.147. The van der Waals surface area contributed by atoms with Gasteiger partial charge >= 0.3 is 0 Å². The molecule has 2 aliphatic rings. The molecule has 0 bridgehead atoms. The van der Waals surface area contributed by atoms with Crippen LogP contribution in [0.3, 0.4) is 0 Å². The molecule has 1 N–H and O–H groups in total. The number of amides is 1. The number of thiazole rings is 1. The van der Waals surface area contributed by atoms with Crippen LogP contribution in [0.4, 0.5) is 11.4 Å². The summed E-state index contributed by atoms with van der Waals surface area (Å²) in [5, 5.41) is 9.84. The lowest BCUT2D eigenvalue weighted by atomic mass is 9.96. The van der Waals surface area contributed by atoms with Crippen LogP contribution in [-0.2, 0) is 4.79 Å². The molecule has 6 nitrogen and oxygen atoms in total. The van der Waals surface area contributed by atoms with E-state index >= 15 is 0 Å². The standard InChI is InChI=1S/C26H26N4O2S/c1-17-8-10-21(12-18(17)2)28-26-30(27-14-19-6-4-3-5-7-19)23(16-33-26)20-9-11-24-22(13-20)29-25(31)15-32-24/h3-4,8-14,16,19H,5-7,15H2,1-2H3,(H,29,31). The Hall–Kier alpha value is -3.45. The lowest BCUT2D eigenvalue weighted by Crippen LogP contribution is -2.25. The van der Waals surface area contributed by atoms with Gasteiger partial charge in [-0.2, -0.15) is 5.10 Å². The predicted molar refractivity (Wildman–Crippen MR) is 133 cm³/mol. The zero-order valence-electron chi connectivity index (χ0n) is 18.7. The fraction of sp³-hybridized carbons (Fsp3) is 0.269. The number of benzene rings is 2. The van der Waals surface area contributed by atoms with Gasteiger partial charge in [-0.05, 0) is 80.5 Å². The number of aromatic nitrogens is 1. The van der Waals surface area contributed by atoms with Crippen LogP contribution in [-0.4, -0.2) is 23.4 Å². The SMILES string of the molecule is Cc1ccc(N=c2scc(-c3ccc4c(c3)NC(=O)CO4)n2N=CC2CC=CCC2)cc1C. The molecule has 1 unspecified atom stereocenters. The van der Waals surface area contributed by atoms with Crippen molar-refractivity contribution in [2.24, 2.45) is 16.0 Å². The van der Waals surface area contributed by atoms with Crippen molar-refractivity contribution >= 4 is 34.8 Å². The van der Waals surface area contributed by atoms with E-state index in [1.54, 1.807) is 11.3 Å². The molecule has 2 aromatic carbocycles. The second-order valence-corrected chi connectivity index (χ2v) is 9.29. The molecule has 168 valence electrons. The summed E-state index contributed by atoms with van der Waals surface area (Å²) in [5.41, 5.74) is 5.90. The van der Waals surface area contributed by atoms with Gasteiger partial charge in [0.2, 0.25) is 4.80 Å². The van der Waals surface area contributed by atoms with Crippen LogP contribution in [0.25, 0.3) is 11.3 Å². The molecule has 7 heteroatoms. The molecule has 1 aliphatic heterocycles. The molecule has 0 fully saturated rings. The largest absolute Gasteiger partial charge is 0.482 e. The highest BCUT2D eigenvalue weighted by molar-refractivity contribution is 7.07. The van der Waals surface area contributed by atoms with Crippen molar-refractivity contribution in [1.82, 2.24) is 4.68 Å². The van der Waals surface area contributed by atoms with Gasteiger partial charge in [0, 0.05) is 17.2 Å². The van der Waals surface area contributed by atoms with Gasteiger partial charge in [-0.1, -0.05) is 18.2 Å². The third kappa shape index (κ3) is 4.68. The van der Waals surface area contributed by atoms with Crippen LogP contribution in [0, 0.1) is 19.8 Å². The van der Waals surface area contributed by atoms with Gasteiger partial charge in [-0.25, -0.2) is 9.67 Å². The average molecular weight is 459 g/mol. The number of allylic oxidation sites excluding steroid dienone is 2. The van der Waals surface area contributed by atoms with E-state index in [0.29, 0.717) is 17.4 Å². The van der Waals surface area contributed by atoms with Crippen molar-refractivity contribution < 1.29 is 9.53 Å². The summed E-state index contributed by atoms with van der Waals surface area (Å²) < 4.78 is 7.43. The summed E-state index contributed by atoms with van der Waals surface area (Å²) in [4.78, 5) is 17.5. The Balaban J connectivity index is 1.59. The van der Waals surface area contributed by atoms with Crippen LogP contribution >= 0.6 is 11.3 Å². The normalized spacial score (nSPS) is 18.3. The Labute approximate surface area is 197 Å². The highest BCUT2D eigenvalue weighted by atomic mass is 32.1. The Morgan fingerprint density at radius 1 is 1.15 bits per heavy atom. The first kappa shape index (κ1) is 21.4. The molecule has 1 amide bonds. The number of hydrogen-bond donors (Lipinski definition) is 1. The van der Waals surface area contributed by atoms with Crippen LogP contribution in [0.2, 0.25) is 0 Å². The van der Waals surface area contributed by atoms with E-state index in [4.69, 9.17) is 14.8 Å². The van der Waals surface area contributed by atoms with Crippen molar-refractivity contribution in [3.8, 4) is 17.0 Å². The van der Waals surface area contributed by atoms with E-state index < -0.39 is 0 Å². The summed E-state index contributed by atoms with van der Waals surface area (Å²) >= 11 is 1.55. The average Bonchev–Trinajstić information content (AvgIpc) is 3.22. The summed E-state index contributed by atoms with van der Waals surface area (Å²) in [7, 11) is 0. The van der Waals surface area contributed by atoms with E-state index in [2.05, 4.69) is 48.8 Å². The van der Waals surface area contributed by atoms with Gasteiger partial charge in [-0.15, -0.1) is 11.3 Å². The number of ether oxygens (including phenoxy) is 1. The number of rotatable bonds is 4. The molecular formula is C26H26N4O2S. The smallest absolute Gasteiger partial charge is 0.262 e. The van der Waals surface area contributed by atoms with Gasteiger partial charge in [0.1, 0.15) is 5.75 Å². The first-order chi connectivity index (χ1) is 16.1. The summed E-state index contributed by atoms with van der Waals surface area (Å²) in [6.45, 7) is 4.24. The summed E-state index contributed by atoms with van der Waals surface area (Å²) in [5.74, 6) is 0.949. The monoisotopic (exact) mass is 458 g/mol. The zero-order valence-corrected chi connectivity index (χ0v) is 19.6. The van der Waals surface area contributed by atoms with E-state index in [9.17, 15) is 4.79 Å². The van der Waals surface area contributed by atoms with E-state index in [1.807, 2.05) is 35.2 Å². The Bertz CT molecular complexity index is 1330. The van der Waals surface area contributed by atoms with Crippen molar-refractivity contribution in [2.75, 3.05) is 11.9 Å². The molecule has 1 atom stereocenters. The number of aryl methyl sites for hydroxylation is 2. The molecular weight excluding hydrogens is 432 g/mol. The predicted octanol–water partition coefficient (Wildman–Crippen LogP) is 5.59. The van der Waals surface area contributed by atoms with Crippen LogP contribution in [0.1, 0.15) is 30.4 Å². The Morgan fingerprint density at radius 3 is 2.88 bits per heavy atom. The number of hydrogen-bond acceptors (Lipinski definition) is 5. The van der Waals surface area contributed by atoms with E-state index in [1.165, 1.54) is 11.1 Å². The molecule has 2 heterocycles. The van der Waals surface area contributed by atoms with Crippen molar-refractivity contribution in [3.63, 3.8) is 0 Å². The third-order valence-corrected chi connectivity index (χ3v) is 6.83. The maximum Gasteiger partial charge on any atom is 0.262 e. The molecule has 3 aromatic rings. The van der Waals surface area contributed by atoms with Crippen molar-refractivity contribution in [3.05, 3.63) is 69.9 Å². The van der Waals surface area contributed by atoms with Gasteiger partial charge in [0.25, 0.3) is 5.91 Å². The molecule has 0 radical (unpaired) electrons. The molecule has 1 aliphatic carbocycles. The van der Waals surface area contributed by atoms with Crippen LogP contribution in [0.5, 0.6) is 5.75 Å². The number of carbonyl (C=O) groups excluding carboxylic acids is 1. The number of nitrogens with one attached hydrogen (secondary N) is 1. The fourth-order valence-electron chi connectivity index (χ4n) is 3.95. The first-order valence-corrected chi connectivity index (χ1v) is 12.0. The second-order valence-electron chi connectivity index (χ2n) is 8.45. The topological polar surface area (TPSA) is 68.0 Å². The molecule has 0 saturated heterocycles. The second kappa shape index (κ2) is 9.19. The number of fused-ring (bicyclic) bond motifs is 1. The van der Waals surface area contributed by atoms with E-state index in [-0.39, 0.29) is 12.5 Å². The first-order valence-electron chi connectivity index (χ1n) is 11.2. The quantitative estimate of drug-likeness (QED) is 0.409. The third-order valence-electron chi connectivity index (χ3n) is 6.01. The lowest BCUT2D eigenvalue weighted by Gasteiger charge is -2.18. The Kier molecular flexibility index (Phi) is 5.96. The number of anilines is 1. The fourth-order valence-corrected chi connectivity index (χ4v) is 4.80. The maximum absolute atomic E-state index is 11.8. The van der Waals surface area contributed by atoms with Gasteiger partial charge in [0.05, 0.1) is 17.1 Å². The molecule has 1 aromatic heterocycles. The minimum Gasteiger partial charge on any atom is -0.482 e. The van der Waals surface area contributed by atoms with Crippen molar-refractivity contribution in [1.29, 1.82) is 0 Å². The summed E-state index contributed by atoms with van der Waals surface area (Å²) in [6.07, 6.45) is 9.70. The highest BCUT2D eigenvalue weighted by Gasteiger charge is 2.18.